The molecule has 3 fully saturated rings. The lowest BCUT2D eigenvalue weighted by Crippen LogP contribution is -2.68. The van der Waals surface area contributed by atoms with Gasteiger partial charge in [0.15, 0.2) is 0 Å². The first-order valence-electron chi connectivity index (χ1n) is 10.0. The number of rotatable bonds is 3. The molecule has 0 unspecified atom stereocenters. The van der Waals surface area contributed by atoms with Crippen LogP contribution in [0.2, 0.25) is 0 Å². The third-order valence-electron chi connectivity index (χ3n) is 6.80. The number of thiophene rings is 1. The molecular weight excluding hydrogens is 346 g/mol. The summed E-state index contributed by atoms with van der Waals surface area (Å²) in [5, 5.41) is 1.21. The molecule has 0 N–H and O–H groups in total. The summed E-state index contributed by atoms with van der Waals surface area (Å²) in [5.74, 6) is 0.840. The molecule has 4 aliphatic rings. The largest absolute Gasteiger partial charge is 0.474 e. The van der Waals surface area contributed by atoms with E-state index in [1.165, 1.54) is 54.6 Å². The van der Waals surface area contributed by atoms with E-state index in [2.05, 4.69) is 14.9 Å². The van der Waals surface area contributed by atoms with E-state index in [0.717, 1.165) is 49.2 Å². The fourth-order valence-corrected chi connectivity index (χ4v) is 6.54. The Hall–Kier alpha value is -1.24. The summed E-state index contributed by atoms with van der Waals surface area (Å²) in [5.41, 5.74) is 1.99. The summed E-state index contributed by atoms with van der Waals surface area (Å²) in [4.78, 5) is 14.3. The molecule has 1 saturated carbocycles. The smallest absolute Gasteiger partial charge is 0.225 e. The molecule has 6 heteroatoms. The van der Waals surface area contributed by atoms with Gasteiger partial charge in [0.1, 0.15) is 17.3 Å². The minimum Gasteiger partial charge on any atom is -0.474 e. The molecule has 0 aromatic carbocycles. The second kappa shape index (κ2) is 5.88. The van der Waals surface area contributed by atoms with E-state index >= 15 is 0 Å². The molecule has 2 aromatic rings. The lowest BCUT2D eigenvalue weighted by Gasteiger charge is -2.58. The van der Waals surface area contributed by atoms with Crippen LogP contribution in [0.3, 0.4) is 0 Å². The Morgan fingerprint density at radius 1 is 1.12 bits per heavy atom. The van der Waals surface area contributed by atoms with Gasteiger partial charge in [-0.1, -0.05) is 0 Å². The lowest BCUT2D eigenvalue weighted by molar-refractivity contribution is -0.201. The first-order valence-corrected chi connectivity index (χ1v) is 10.9. The van der Waals surface area contributed by atoms with Crippen LogP contribution >= 0.6 is 11.3 Å². The van der Waals surface area contributed by atoms with Crippen molar-refractivity contribution >= 4 is 21.6 Å². The van der Waals surface area contributed by atoms with Crippen LogP contribution in [-0.2, 0) is 17.6 Å². The molecule has 26 heavy (non-hydrogen) atoms. The number of ether oxygens (including phenoxy) is 2. The van der Waals surface area contributed by atoms with Crippen LogP contribution in [0.5, 0.6) is 5.88 Å². The number of fused-ring (bicyclic) bond motifs is 3. The summed E-state index contributed by atoms with van der Waals surface area (Å²) in [7, 11) is 0. The maximum atomic E-state index is 6.42. The highest BCUT2D eigenvalue weighted by Crippen LogP contribution is 2.43. The average molecular weight is 372 g/mol. The van der Waals surface area contributed by atoms with Crippen molar-refractivity contribution in [3.8, 4) is 5.88 Å². The first kappa shape index (κ1) is 15.8. The molecule has 4 heterocycles. The Labute approximate surface area is 157 Å². The molecule has 0 atom stereocenters. The summed E-state index contributed by atoms with van der Waals surface area (Å²) >= 11 is 1.84. The summed E-state index contributed by atoms with van der Waals surface area (Å²) in [6.45, 7) is 4.46. The molecule has 2 aliphatic carbocycles. The van der Waals surface area contributed by atoms with Gasteiger partial charge in [-0.3, -0.25) is 4.90 Å². The third-order valence-corrected chi connectivity index (χ3v) is 8.00. The van der Waals surface area contributed by atoms with Gasteiger partial charge in [-0.05, 0) is 50.5 Å². The maximum absolute atomic E-state index is 6.42. The zero-order valence-corrected chi connectivity index (χ0v) is 15.9. The number of aromatic nitrogens is 2. The third kappa shape index (κ3) is 2.42. The monoisotopic (exact) mass is 371 g/mol. The normalized spacial score (nSPS) is 30.2. The van der Waals surface area contributed by atoms with Gasteiger partial charge in [0.25, 0.3) is 0 Å². The molecule has 2 saturated heterocycles. The summed E-state index contributed by atoms with van der Waals surface area (Å²) in [6, 6.07) is 0.747. The Balaban J connectivity index is 1.12. The second-order valence-electron chi connectivity index (χ2n) is 8.66. The molecule has 5 nitrogen and oxygen atoms in total. The van der Waals surface area contributed by atoms with Gasteiger partial charge >= 0.3 is 0 Å². The highest BCUT2D eigenvalue weighted by molar-refractivity contribution is 7.18. The van der Waals surface area contributed by atoms with E-state index < -0.39 is 0 Å². The van der Waals surface area contributed by atoms with E-state index in [4.69, 9.17) is 9.47 Å². The molecule has 0 bridgehead atoms. The minimum atomic E-state index is 0.309. The first-order chi connectivity index (χ1) is 12.8. The Morgan fingerprint density at radius 3 is 2.73 bits per heavy atom. The van der Waals surface area contributed by atoms with Crippen molar-refractivity contribution in [2.75, 3.05) is 26.3 Å². The fraction of sp³-hybridized carbons (Fsp3) is 0.700. The van der Waals surface area contributed by atoms with Gasteiger partial charge in [0, 0.05) is 29.4 Å². The number of likely N-dealkylation sites (tertiary alicyclic amines) is 1. The van der Waals surface area contributed by atoms with E-state index in [1.54, 1.807) is 6.33 Å². The summed E-state index contributed by atoms with van der Waals surface area (Å²) in [6.07, 6.45) is 10.4. The van der Waals surface area contributed by atoms with Crippen LogP contribution in [0.1, 0.15) is 42.5 Å². The predicted molar refractivity (Wildman–Crippen MR) is 101 cm³/mol. The highest BCUT2D eigenvalue weighted by Gasteiger charge is 2.50. The quantitative estimate of drug-likeness (QED) is 0.829. The topological polar surface area (TPSA) is 47.5 Å². The van der Waals surface area contributed by atoms with Crippen LogP contribution in [0, 0.1) is 5.41 Å². The van der Waals surface area contributed by atoms with Gasteiger partial charge in [0.05, 0.1) is 18.6 Å². The Morgan fingerprint density at radius 2 is 1.96 bits per heavy atom. The van der Waals surface area contributed by atoms with Crippen molar-refractivity contribution in [1.29, 1.82) is 0 Å². The van der Waals surface area contributed by atoms with Crippen LogP contribution in [0.15, 0.2) is 6.33 Å². The molecular formula is C20H25N3O2S. The molecule has 2 aromatic heterocycles. The summed E-state index contributed by atoms with van der Waals surface area (Å²) < 4.78 is 11.8. The molecule has 2 aliphatic heterocycles. The van der Waals surface area contributed by atoms with Crippen molar-refractivity contribution in [3.63, 3.8) is 0 Å². The zero-order chi connectivity index (χ0) is 17.1. The van der Waals surface area contributed by atoms with Gasteiger partial charge in [-0.2, -0.15) is 0 Å². The van der Waals surface area contributed by atoms with Crippen LogP contribution in [0.25, 0.3) is 10.2 Å². The SMILES string of the molecule is c1nc(O[C@H]2CC[C@H](N3CC4(COC4)C3)CC2)c2c3c(sc2n1)CCC3. The lowest BCUT2D eigenvalue weighted by atomic mass is 9.75. The molecule has 6 rings (SSSR count). The van der Waals surface area contributed by atoms with E-state index in [-0.39, 0.29) is 0 Å². The van der Waals surface area contributed by atoms with Crippen LogP contribution < -0.4 is 4.74 Å². The Kier molecular flexibility index (Phi) is 3.57. The van der Waals surface area contributed by atoms with Gasteiger partial charge < -0.3 is 9.47 Å². The molecule has 0 radical (unpaired) electrons. The van der Waals surface area contributed by atoms with Crippen molar-refractivity contribution < 1.29 is 9.47 Å². The molecule has 1 spiro atoms. The highest BCUT2D eigenvalue weighted by atomic mass is 32.1. The van der Waals surface area contributed by atoms with Crippen molar-refractivity contribution in [2.24, 2.45) is 5.41 Å². The Bertz CT molecular complexity index is 831. The second-order valence-corrected chi connectivity index (χ2v) is 9.75. The van der Waals surface area contributed by atoms with E-state index in [9.17, 15) is 0 Å². The van der Waals surface area contributed by atoms with E-state index in [1.807, 2.05) is 11.3 Å². The maximum Gasteiger partial charge on any atom is 0.225 e. The van der Waals surface area contributed by atoms with Crippen molar-refractivity contribution in [1.82, 2.24) is 14.9 Å². The van der Waals surface area contributed by atoms with Gasteiger partial charge in [0.2, 0.25) is 5.88 Å². The number of hydrogen-bond donors (Lipinski definition) is 0. The average Bonchev–Trinajstić information content (AvgIpc) is 3.15. The number of nitrogens with zero attached hydrogens (tertiary/aromatic N) is 3. The number of hydrogen-bond acceptors (Lipinski definition) is 6. The van der Waals surface area contributed by atoms with Crippen molar-refractivity contribution in [3.05, 3.63) is 16.8 Å². The van der Waals surface area contributed by atoms with Gasteiger partial charge in [-0.15, -0.1) is 11.3 Å². The minimum absolute atomic E-state index is 0.309. The van der Waals surface area contributed by atoms with Crippen LogP contribution in [-0.4, -0.2) is 53.3 Å². The zero-order valence-electron chi connectivity index (χ0n) is 15.1. The van der Waals surface area contributed by atoms with E-state index in [0.29, 0.717) is 11.5 Å². The predicted octanol–water partition coefficient (Wildman–Crippen LogP) is 3.20. The van der Waals surface area contributed by atoms with Crippen molar-refractivity contribution in [2.45, 2.75) is 57.1 Å². The fourth-order valence-electron chi connectivity index (χ4n) is 5.32. The standard InChI is InChI=1S/C20H25N3O2S/c1-2-15-16(3-1)26-19-17(15)18(21-12-22-19)25-14-6-4-13(5-7-14)23-8-20(9-23)10-24-11-20/h12-14H,1-11H2/t13-,14-. The molecule has 0 amide bonds. The number of aryl methyl sites for hydroxylation is 2. The van der Waals surface area contributed by atoms with Crippen LogP contribution in [0.4, 0.5) is 0 Å². The molecule has 138 valence electrons. The van der Waals surface area contributed by atoms with Gasteiger partial charge in [-0.25, -0.2) is 9.97 Å².